The van der Waals surface area contributed by atoms with Gasteiger partial charge in [-0.05, 0) is 32.2 Å². The molecule has 18 heavy (non-hydrogen) atoms. The maximum atomic E-state index is 11.8. The highest BCUT2D eigenvalue weighted by Crippen LogP contribution is 2.14. The fourth-order valence-electron chi connectivity index (χ4n) is 2.37. The summed E-state index contributed by atoms with van der Waals surface area (Å²) in [5.74, 6) is 0.820. The quantitative estimate of drug-likeness (QED) is 0.746. The standard InChI is InChI=1S/C13H22N4O/c1-2-10-9-15-17-13(10)16-12(18)7-6-11-5-3-4-8-14-11/h9,11,14H,2-8H2,1H3,(H2,15,16,17,18). The van der Waals surface area contributed by atoms with E-state index in [4.69, 9.17) is 0 Å². The van der Waals surface area contributed by atoms with Crippen LogP contribution in [0.25, 0.3) is 0 Å². The number of H-pyrrole nitrogens is 1. The first-order valence-electron chi connectivity index (χ1n) is 6.85. The first-order chi connectivity index (χ1) is 8.79. The second-order valence-corrected chi connectivity index (χ2v) is 4.86. The van der Waals surface area contributed by atoms with Gasteiger partial charge in [-0.15, -0.1) is 0 Å². The predicted molar refractivity (Wildman–Crippen MR) is 71.5 cm³/mol. The Morgan fingerprint density at radius 3 is 3.17 bits per heavy atom. The van der Waals surface area contributed by atoms with Crippen LogP contribution in [0, 0.1) is 0 Å². The topological polar surface area (TPSA) is 69.8 Å². The zero-order chi connectivity index (χ0) is 12.8. The maximum absolute atomic E-state index is 11.8. The van der Waals surface area contributed by atoms with Crippen molar-refractivity contribution in [2.24, 2.45) is 0 Å². The Labute approximate surface area is 108 Å². The summed E-state index contributed by atoms with van der Waals surface area (Å²) in [6, 6.07) is 0.511. The molecule has 0 aliphatic carbocycles. The molecule has 0 radical (unpaired) electrons. The van der Waals surface area contributed by atoms with Gasteiger partial charge in [0.1, 0.15) is 5.82 Å². The van der Waals surface area contributed by atoms with Crippen molar-refractivity contribution < 1.29 is 4.79 Å². The van der Waals surface area contributed by atoms with Gasteiger partial charge >= 0.3 is 0 Å². The molecule has 1 aliphatic heterocycles. The monoisotopic (exact) mass is 250 g/mol. The summed E-state index contributed by atoms with van der Waals surface area (Å²) < 4.78 is 0. The van der Waals surface area contributed by atoms with E-state index in [1.165, 1.54) is 19.3 Å². The van der Waals surface area contributed by atoms with Crippen LogP contribution in [0.15, 0.2) is 6.20 Å². The van der Waals surface area contributed by atoms with Crippen molar-refractivity contribution >= 4 is 11.7 Å². The Kier molecular flexibility index (Phi) is 4.75. The lowest BCUT2D eigenvalue weighted by Crippen LogP contribution is -2.34. The first kappa shape index (κ1) is 13.1. The van der Waals surface area contributed by atoms with Crippen LogP contribution in [0.5, 0.6) is 0 Å². The number of nitrogens with zero attached hydrogens (tertiary/aromatic N) is 1. The summed E-state index contributed by atoms with van der Waals surface area (Å²) in [7, 11) is 0. The second-order valence-electron chi connectivity index (χ2n) is 4.86. The highest BCUT2D eigenvalue weighted by molar-refractivity contribution is 5.90. The Hall–Kier alpha value is -1.36. The van der Waals surface area contributed by atoms with Crippen LogP contribution in [0.2, 0.25) is 0 Å². The predicted octanol–water partition coefficient (Wildman–Crippen LogP) is 1.83. The molecular formula is C13H22N4O. The number of aryl methyl sites for hydroxylation is 1. The summed E-state index contributed by atoms with van der Waals surface area (Å²) in [5, 5.41) is 13.1. The van der Waals surface area contributed by atoms with Crippen molar-refractivity contribution in [3.05, 3.63) is 11.8 Å². The van der Waals surface area contributed by atoms with Crippen LogP contribution in [0.4, 0.5) is 5.82 Å². The molecule has 0 saturated carbocycles. The summed E-state index contributed by atoms with van der Waals surface area (Å²) >= 11 is 0. The van der Waals surface area contributed by atoms with Gasteiger partial charge in [0, 0.05) is 18.0 Å². The summed E-state index contributed by atoms with van der Waals surface area (Å²) in [5.41, 5.74) is 1.05. The van der Waals surface area contributed by atoms with Crippen LogP contribution in [-0.2, 0) is 11.2 Å². The Bertz CT molecular complexity index is 382. The number of rotatable bonds is 5. The number of carbonyl (C=O) groups excluding carboxylic acids is 1. The molecular weight excluding hydrogens is 228 g/mol. The van der Waals surface area contributed by atoms with Crippen molar-refractivity contribution in [3.63, 3.8) is 0 Å². The lowest BCUT2D eigenvalue weighted by Gasteiger charge is -2.22. The molecule has 1 aliphatic rings. The minimum Gasteiger partial charge on any atom is -0.314 e. The SMILES string of the molecule is CCc1cn[nH]c1NC(=O)CCC1CCCCN1. The molecule has 1 amide bonds. The van der Waals surface area contributed by atoms with Crippen molar-refractivity contribution in [1.82, 2.24) is 15.5 Å². The zero-order valence-electron chi connectivity index (χ0n) is 11.0. The Morgan fingerprint density at radius 2 is 2.44 bits per heavy atom. The number of nitrogens with one attached hydrogen (secondary N) is 3. The maximum Gasteiger partial charge on any atom is 0.225 e. The molecule has 5 heteroatoms. The number of piperidine rings is 1. The average Bonchev–Trinajstić information content (AvgIpc) is 2.85. The van der Waals surface area contributed by atoms with Gasteiger partial charge in [-0.3, -0.25) is 9.89 Å². The number of aromatic nitrogens is 2. The van der Waals surface area contributed by atoms with Crippen LogP contribution in [0.3, 0.4) is 0 Å². The van der Waals surface area contributed by atoms with E-state index < -0.39 is 0 Å². The van der Waals surface area contributed by atoms with E-state index in [1.807, 2.05) is 6.92 Å². The molecule has 1 unspecified atom stereocenters. The summed E-state index contributed by atoms with van der Waals surface area (Å²) in [4.78, 5) is 11.8. The molecule has 3 N–H and O–H groups in total. The molecule has 1 fully saturated rings. The van der Waals surface area contributed by atoms with E-state index in [0.717, 1.165) is 30.8 Å². The van der Waals surface area contributed by atoms with Crippen molar-refractivity contribution in [2.45, 2.75) is 51.5 Å². The highest BCUT2D eigenvalue weighted by atomic mass is 16.1. The summed E-state index contributed by atoms with van der Waals surface area (Å²) in [6.45, 7) is 3.14. The molecule has 5 nitrogen and oxygen atoms in total. The Balaban J connectivity index is 1.74. The summed E-state index contributed by atoms with van der Waals surface area (Å²) in [6.07, 6.45) is 7.85. The zero-order valence-corrected chi connectivity index (χ0v) is 11.0. The second kappa shape index (κ2) is 6.54. The Morgan fingerprint density at radius 1 is 1.56 bits per heavy atom. The molecule has 1 atom stereocenters. The van der Waals surface area contributed by atoms with Crippen LogP contribution >= 0.6 is 0 Å². The van der Waals surface area contributed by atoms with Gasteiger partial charge < -0.3 is 10.6 Å². The van der Waals surface area contributed by atoms with E-state index in [1.54, 1.807) is 6.20 Å². The average molecular weight is 250 g/mol. The lowest BCUT2D eigenvalue weighted by molar-refractivity contribution is -0.116. The number of anilines is 1. The number of hydrogen-bond donors (Lipinski definition) is 3. The van der Waals surface area contributed by atoms with E-state index >= 15 is 0 Å². The number of hydrogen-bond acceptors (Lipinski definition) is 3. The van der Waals surface area contributed by atoms with Gasteiger partial charge in [-0.2, -0.15) is 5.10 Å². The van der Waals surface area contributed by atoms with Crippen molar-refractivity contribution in [1.29, 1.82) is 0 Å². The van der Waals surface area contributed by atoms with Gasteiger partial charge in [0.2, 0.25) is 5.91 Å². The molecule has 0 spiro atoms. The molecule has 1 aromatic heterocycles. The van der Waals surface area contributed by atoms with Crippen LogP contribution in [0.1, 0.15) is 44.6 Å². The van der Waals surface area contributed by atoms with Gasteiger partial charge in [0.05, 0.1) is 6.20 Å². The molecule has 1 saturated heterocycles. The van der Waals surface area contributed by atoms with Gasteiger partial charge in [-0.25, -0.2) is 0 Å². The normalized spacial score (nSPS) is 19.7. The molecule has 2 heterocycles. The number of carbonyl (C=O) groups is 1. The number of aromatic amines is 1. The lowest BCUT2D eigenvalue weighted by atomic mass is 10.0. The molecule has 100 valence electrons. The third-order valence-electron chi connectivity index (χ3n) is 3.50. The largest absolute Gasteiger partial charge is 0.314 e. The van der Waals surface area contributed by atoms with E-state index in [2.05, 4.69) is 20.8 Å². The van der Waals surface area contributed by atoms with Gasteiger partial charge in [-0.1, -0.05) is 13.3 Å². The minimum atomic E-state index is 0.0707. The van der Waals surface area contributed by atoms with Crippen LogP contribution in [-0.4, -0.2) is 28.7 Å². The van der Waals surface area contributed by atoms with E-state index in [9.17, 15) is 4.79 Å². The fraction of sp³-hybridized carbons (Fsp3) is 0.692. The minimum absolute atomic E-state index is 0.0707. The highest BCUT2D eigenvalue weighted by Gasteiger charge is 2.14. The molecule has 0 aromatic carbocycles. The van der Waals surface area contributed by atoms with Crippen LogP contribution < -0.4 is 10.6 Å². The molecule has 0 bridgehead atoms. The van der Waals surface area contributed by atoms with Gasteiger partial charge in [0.15, 0.2) is 0 Å². The van der Waals surface area contributed by atoms with Gasteiger partial charge in [0.25, 0.3) is 0 Å². The fourth-order valence-corrected chi connectivity index (χ4v) is 2.37. The third-order valence-corrected chi connectivity index (χ3v) is 3.50. The van der Waals surface area contributed by atoms with E-state index in [-0.39, 0.29) is 5.91 Å². The van der Waals surface area contributed by atoms with Crippen molar-refractivity contribution in [3.8, 4) is 0 Å². The van der Waals surface area contributed by atoms with E-state index in [0.29, 0.717) is 12.5 Å². The molecule has 2 rings (SSSR count). The number of amides is 1. The van der Waals surface area contributed by atoms with Crippen molar-refractivity contribution in [2.75, 3.05) is 11.9 Å². The first-order valence-corrected chi connectivity index (χ1v) is 6.85. The third kappa shape index (κ3) is 3.57. The smallest absolute Gasteiger partial charge is 0.225 e. The molecule has 1 aromatic rings.